The van der Waals surface area contributed by atoms with E-state index in [4.69, 9.17) is 24.9 Å². The van der Waals surface area contributed by atoms with Crippen LogP contribution in [0.2, 0.25) is 0 Å². The lowest BCUT2D eigenvalue weighted by Gasteiger charge is -2.27. The molecule has 1 unspecified atom stereocenters. The maximum Gasteiger partial charge on any atom is 0.195 e. The molecule has 0 radical (unpaired) electrons. The summed E-state index contributed by atoms with van der Waals surface area (Å²) in [6.45, 7) is 11.9. The molecule has 0 bridgehead atoms. The van der Waals surface area contributed by atoms with E-state index in [1.165, 1.54) is 24.6 Å². The summed E-state index contributed by atoms with van der Waals surface area (Å²) in [5.74, 6) is 3.76. The number of ether oxygens (including phenoxy) is 3. The van der Waals surface area contributed by atoms with Gasteiger partial charge >= 0.3 is 0 Å². The Morgan fingerprint density at radius 1 is 1.28 bits per heavy atom. The number of nitrogens with zero attached hydrogens (tertiary/aromatic N) is 4. The fourth-order valence-electron chi connectivity index (χ4n) is 4.17. The van der Waals surface area contributed by atoms with Crippen LogP contribution < -0.4 is 20.5 Å². The number of imidazole rings is 1. The molecule has 36 heavy (non-hydrogen) atoms. The lowest BCUT2D eigenvalue weighted by atomic mass is 10.1. The number of nitrogens with one attached hydrogen (secondary N) is 1. The lowest BCUT2D eigenvalue weighted by molar-refractivity contribution is 0.0370. The summed E-state index contributed by atoms with van der Waals surface area (Å²) in [6.07, 6.45) is 5.04. The van der Waals surface area contributed by atoms with Gasteiger partial charge in [-0.2, -0.15) is 0 Å². The molecule has 1 aromatic rings. The third kappa shape index (κ3) is 5.83. The standard InChI is InChI=1S/C25H31BrN6O3S/c1-14(35-25(2,3)4)29-17(15-5-6-15)7-8-32-13-28-22(27)21-23(32)31-24(30-21)36-20-12-19-18(11-16(20)26)33-9-10-34-19/h11-13,15,17,29H,1,5-10,27H2,2-4H3. The molecule has 1 atom stereocenters. The van der Waals surface area contributed by atoms with Crippen molar-refractivity contribution in [1.82, 2.24) is 24.8 Å². The maximum absolute atomic E-state index is 6.17. The molecular formula is C25H31BrN6O3S. The molecule has 9 nitrogen and oxygen atoms in total. The first-order valence-corrected chi connectivity index (χ1v) is 13.7. The van der Waals surface area contributed by atoms with E-state index in [0.29, 0.717) is 41.7 Å². The molecule has 1 aromatic carbocycles. The smallest absolute Gasteiger partial charge is 0.195 e. The van der Waals surface area contributed by atoms with Gasteiger partial charge in [0.1, 0.15) is 18.8 Å². The predicted molar refractivity (Wildman–Crippen MR) is 142 cm³/mol. The molecular weight excluding hydrogens is 544 g/mol. The van der Waals surface area contributed by atoms with Gasteiger partial charge in [-0.3, -0.25) is 0 Å². The number of nitrogen functional groups attached to an aromatic ring is 1. The number of nitrogens with two attached hydrogens (primary N) is 1. The monoisotopic (exact) mass is 574 g/mol. The van der Waals surface area contributed by atoms with E-state index < -0.39 is 0 Å². The highest BCUT2D eigenvalue weighted by molar-refractivity contribution is 9.10. The highest BCUT2D eigenvalue weighted by Crippen LogP contribution is 2.42. The third-order valence-corrected chi connectivity index (χ3v) is 7.76. The number of benzene rings is 1. The van der Waals surface area contributed by atoms with Crippen molar-refractivity contribution < 1.29 is 14.2 Å². The molecule has 1 aliphatic carbocycles. The molecule has 0 saturated heterocycles. The van der Waals surface area contributed by atoms with Gasteiger partial charge in [0.05, 0.1) is 6.33 Å². The highest BCUT2D eigenvalue weighted by atomic mass is 79.9. The minimum absolute atomic E-state index is 0.269. The van der Waals surface area contributed by atoms with Crippen molar-refractivity contribution in [1.29, 1.82) is 0 Å². The average molecular weight is 576 g/mol. The van der Waals surface area contributed by atoms with Gasteiger partial charge in [0.25, 0.3) is 0 Å². The van der Waals surface area contributed by atoms with Crippen molar-refractivity contribution in [3.63, 3.8) is 0 Å². The minimum atomic E-state index is -0.287. The molecule has 5 rings (SSSR count). The summed E-state index contributed by atoms with van der Waals surface area (Å²) in [5, 5.41) is 4.09. The summed E-state index contributed by atoms with van der Waals surface area (Å²) in [4.78, 5) is 14.8. The molecule has 0 amide bonds. The zero-order chi connectivity index (χ0) is 25.4. The zero-order valence-electron chi connectivity index (χ0n) is 20.7. The summed E-state index contributed by atoms with van der Waals surface area (Å²) in [5.41, 5.74) is 6.48. The number of rotatable bonds is 9. The largest absolute Gasteiger partial charge is 0.486 e. The van der Waals surface area contributed by atoms with E-state index >= 15 is 0 Å². The molecule has 0 spiro atoms. The van der Waals surface area contributed by atoms with E-state index in [-0.39, 0.29) is 11.6 Å². The Hall–Kier alpha value is -2.66. The second-order valence-electron chi connectivity index (χ2n) is 10.0. The first kappa shape index (κ1) is 25.0. The number of hydrogen-bond acceptors (Lipinski definition) is 9. The van der Waals surface area contributed by atoms with Crippen LogP contribution in [-0.4, -0.2) is 44.4 Å². The Labute approximate surface area is 223 Å². The van der Waals surface area contributed by atoms with Crippen molar-refractivity contribution >= 4 is 33.5 Å². The van der Waals surface area contributed by atoms with Crippen LogP contribution in [0.1, 0.15) is 40.0 Å². The van der Waals surface area contributed by atoms with Crippen LogP contribution in [0.15, 0.2) is 45.4 Å². The summed E-state index contributed by atoms with van der Waals surface area (Å²) in [6, 6.07) is 4.13. The van der Waals surface area contributed by atoms with Gasteiger partial charge in [-0.05, 0) is 92.4 Å². The topological polar surface area (TPSA) is 109 Å². The van der Waals surface area contributed by atoms with Crippen molar-refractivity contribution in [2.45, 2.75) is 68.3 Å². The van der Waals surface area contributed by atoms with Crippen LogP contribution in [0.3, 0.4) is 0 Å². The summed E-state index contributed by atoms with van der Waals surface area (Å²) in [7, 11) is 0. The van der Waals surface area contributed by atoms with Crippen LogP contribution in [0.4, 0.5) is 5.82 Å². The van der Waals surface area contributed by atoms with Crippen molar-refractivity contribution in [2.24, 2.45) is 5.92 Å². The number of halogens is 1. The first-order valence-electron chi connectivity index (χ1n) is 12.1. The van der Waals surface area contributed by atoms with Crippen LogP contribution >= 0.6 is 27.7 Å². The summed E-state index contributed by atoms with van der Waals surface area (Å²) < 4.78 is 20.2. The SMILES string of the molecule is C=C(NC(CCn1cnc(N)c2nc(Sc3cc4c(cc3Br)OCCO4)nc1-2)C1CC1)OC(C)(C)C. The zero-order valence-corrected chi connectivity index (χ0v) is 23.1. The van der Waals surface area contributed by atoms with Gasteiger partial charge in [0.2, 0.25) is 0 Å². The van der Waals surface area contributed by atoms with E-state index in [9.17, 15) is 0 Å². The molecule has 3 aliphatic heterocycles. The molecule has 11 heteroatoms. The molecule has 1 fully saturated rings. The Morgan fingerprint density at radius 2 is 2.00 bits per heavy atom. The van der Waals surface area contributed by atoms with Crippen molar-refractivity contribution in [3.8, 4) is 23.0 Å². The number of aryl methyl sites for hydroxylation is 1. The lowest BCUT2D eigenvalue weighted by Crippen LogP contribution is -2.35. The van der Waals surface area contributed by atoms with Gasteiger partial charge in [0, 0.05) is 22.0 Å². The van der Waals surface area contributed by atoms with Crippen LogP contribution in [-0.2, 0) is 11.3 Å². The second-order valence-corrected chi connectivity index (χ2v) is 11.9. The second kappa shape index (κ2) is 10.0. The Kier molecular flexibility index (Phi) is 6.95. The highest BCUT2D eigenvalue weighted by Gasteiger charge is 2.32. The third-order valence-electron chi connectivity index (χ3n) is 5.92. The van der Waals surface area contributed by atoms with Gasteiger partial charge in [-0.1, -0.05) is 0 Å². The van der Waals surface area contributed by atoms with Crippen LogP contribution in [0.25, 0.3) is 11.5 Å². The van der Waals surface area contributed by atoms with E-state index in [1.807, 2.05) is 37.5 Å². The predicted octanol–water partition coefficient (Wildman–Crippen LogP) is 5.09. The molecule has 192 valence electrons. The average Bonchev–Trinajstić information content (AvgIpc) is 3.56. The number of hydrogen-bond donors (Lipinski definition) is 2. The van der Waals surface area contributed by atoms with Gasteiger partial charge in [-0.15, -0.1) is 0 Å². The fraction of sp³-hybridized carbons (Fsp3) is 0.480. The van der Waals surface area contributed by atoms with Gasteiger partial charge < -0.3 is 29.8 Å². The minimum Gasteiger partial charge on any atom is -0.486 e. The van der Waals surface area contributed by atoms with Crippen molar-refractivity contribution in [3.05, 3.63) is 35.4 Å². The molecule has 0 aromatic heterocycles. The maximum atomic E-state index is 6.17. The van der Waals surface area contributed by atoms with Gasteiger partial charge in [-0.25, -0.2) is 15.0 Å². The number of fused-ring (bicyclic) bond motifs is 2. The number of aromatic nitrogens is 4. The Bertz CT molecular complexity index is 1240. The normalized spacial score (nSPS) is 16.1. The van der Waals surface area contributed by atoms with Crippen LogP contribution in [0, 0.1) is 5.92 Å². The van der Waals surface area contributed by atoms with Crippen LogP contribution in [0.5, 0.6) is 11.5 Å². The molecule has 1 saturated carbocycles. The summed E-state index contributed by atoms with van der Waals surface area (Å²) >= 11 is 5.07. The number of anilines is 1. The Morgan fingerprint density at radius 3 is 2.69 bits per heavy atom. The first-order chi connectivity index (χ1) is 17.2. The van der Waals surface area contributed by atoms with E-state index in [0.717, 1.165) is 39.7 Å². The van der Waals surface area contributed by atoms with E-state index in [2.05, 4.69) is 37.8 Å². The van der Waals surface area contributed by atoms with Crippen molar-refractivity contribution in [2.75, 3.05) is 18.9 Å². The fourth-order valence-corrected chi connectivity index (χ4v) is 5.53. The van der Waals surface area contributed by atoms with Gasteiger partial charge in [0.15, 0.2) is 39.9 Å². The quantitative estimate of drug-likeness (QED) is 0.337. The van der Waals surface area contributed by atoms with E-state index in [1.54, 1.807) is 6.33 Å². The molecule has 3 N–H and O–H groups in total. The Balaban J connectivity index is 1.32. The molecule has 3 heterocycles. The molecule has 4 aliphatic rings.